The van der Waals surface area contributed by atoms with E-state index in [1.54, 1.807) is 48.2 Å². The van der Waals surface area contributed by atoms with Gasteiger partial charge in [-0.2, -0.15) is 0 Å². The fourth-order valence-electron chi connectivity index (χ4n) is 2.39. The van der Waals surface area contributed by atoms with Gasteiger partial charge in [0.25, 0.3) is 11.8 Å². The van der Waals surface area contributed by atoms with Gasteiger partial charge in [0, 0.05) is 44.9 Å². The van der Waals surface area contributed by atoms with Crippen LogP contribution in [0.1, 0.15) is 41.5 Å². The van der Waals surface area contributed by atoms with Crippen LogP contribution in [-0.2, 0) is 0 Å². The van der Waals surface area contributed by atoms with Gasteiger partial charge in [0.05, 0.1) is 0 Å². The molecule has 5 heteroatoms. The molecule has 0 atom stereocenters. The Balaban J connectivity index is 2.87. The van der Waals surface area contributed by atoms with Gasteiger partial charge in [0.15, 0.2) is 0 Å². The van der Waals surface area contributed by atoms with Crippen molar-refractivity contribution in [3.05, 3.63) is 35.4 Å². The van der Waals surface area contributed by atoms with Crippen LogP contribution in [0.2, 0.25) is 0 Å². The molecule has 0 saturated carbocycles. The minimum Gasteiger partial charge on any atom is -0.341 e. The van der Waals surface area contributed by atoms with E-state index in [-0.39, 0.29) is 17.2 Å². The molecule has 23 heavy (non-hydrogen) atoms. The Kier molecular flexibility index (Phi) is 6.76. The van der Waals surface area contributed by atoms with E-state index < -0.39 is 0 Å². The molecule has 0 saturated heterocycles. The van der Waals surface area contributed by atoms with Crippen LogP contribution in [0.4, 0.5) is 0 Å². The van der Waals surface area contributed by atoms with Gasteiger partial charge < -0.3 is 15.1 Å². The molecule has 1 aromatic carbocycles. The van der Waals surface area contributed by atoms with Crippen molar-refractivity contribution in [2.24, 2.45) is 5.41 Å². The average Bonchev–Trinajstić information content (AvgIpc) is 2.49. The number of nitrogens with zero attached hydrogens (tertiary/aromatic N) is 2. The number of hydrogen-bond acceptors (Lipinski definition) is 3. The van der Waals surface area contributed by atoms with E-state index in [9.17, 15) is 9.59 Å². The summed E-state index contributed by atoms with van der Waals surface area (Å²) in [5.41, 5.74) is 1.12. The van der Waals surface area contributed by atoms with Crippen molar-refractivity contribution in [2.75, 3.05) is 40.8 Å². The zero-order valence-corrected chi connectivity index (χ0v) is 15.1. The van der Waals surface area contributed by atoms with Gasteiger partial charge >= 0.3 is 0 Å². The van der Waals surface area contributed by atoms with Crippen LogP contribution >= 0.6 is 0 Å². The highest BCUT2D eigenvalue weighted by molar-refractivity contribution is 5.99. The molecule has 0 fully saturated rings. The molecule has 1 rings (SSSR count). The minimum absolute atomic E-state index is 0.0329. The highest BCUT2D eigenvalue weighted by atomic mass is 16.2. The van der Waals surface area contributed by atoms with E-state index in [4.69, 9.17) is 0 Å². The highest BCUT2D eigenvalue weighted by Gasteiger charge is 2.20. The zero-order valence-electron chi connectivity index (χ0n) is 15.1. The first-order valence-electron chi connectivity index (χ1n) is 7.91. The van der Waals surface area contributed by atoms with Gasteiger partial charge in [-0.3, -0.25) is 9.59 Å². The lowest BCUT2D eigenvalue weighted by Crippen LogP contribution is -2.35. The summed E-state index contributed by atoms with van der Waals surface area (Å²) in [5.74, 6) is -0.138. The van der Waals surface area contributed by atoms with Crippen LogP contribution < -0.4 is 5.32 Å². The highest BCUT2D eigenvalue weighted by Crippen LogP contribution is 2.16. The average molecular weight is 319 g/mol. The minimum atomic E-state index is -0.0756. The van der Waals surface area contributed by atoms with Gasteiger partial charge in [-0.05, 0) is 30.7 Å². The molecule has 5 nitrogen and oxygen atoms in total. The van der Waals surface area contributed by atoms with Crippen molar-refractivity contribution in [1.29, 1.82) is 0 Å². The third-order valence-electron chi connectivity index (χ3n) is 3.46. The number of amides is 2. The second-order valence-electron chi connectivity index (χ2n) is 7.13. The number of benzene rings is 1. The molecule has 0 unspecified atom stereocenters. The molecule has 1 N–H and O–H groups in total. The monoisotopic (exact) mass is 319 g/mol. The lowest BCUT2D eigenvalue weighted by atomic mass is 9.96. The van der Waals surface area contributed by atoms with Crippen molar-refractivity contribution >= 4 is 11.8 Å². The number of nitrogens with one attached hydrogen (secondary N) is 1. The Morgan fingerprint density at radius 3 is 2.04 bits per heavy atom. The van der Waals surface area contributed by atoms with Gasteiger partial charge in [-0.25, -0.2) is 0 Å². The van der Waals surface area contributed by atoms with Crippen molar-refractivity contribution in [2.45, 2.75) is 20.8 Å². The van der Waals surface area contributed by atoms with E-state index >= 15 is 0 Å². The summed E-state index contributed by atoms with van der Waals surface area (Å²) in [7, 11) is 5.41. The first-order chi connectivity index (χ1) is 10.7. The maximum absolute atomic E-state index is 12.5. The molecule has 0 spiro atoms. The van der Waals surface area contributed by atoms with E-state index in [1.165, 1.54) is 0 Å². The molecule has 0 aliphatic carbocycles. The van der Waals surface area contributed by atoms with Crippen molar-refractivity contribution < 1.29 is 9.59 Å². The van der Waals surface area contributed by atoms with Crippen LogP contribution in [0.25, 0.3) is 0 Å². The first-order valence-corrected chi connectivity index (χ1v) is 7.91. The summed E-state index contributed by atoms with van der Waals surface area (Å²) >= 11 is 0. The molecule has 0 radical (unpaired) electrons. The first kappa shape index (κ1) is 19.2. The molecule has 0 aromatic heterocycles. The Bertz CT molecular complexity index is 549. The Labute approximate surface area is 139 Å². The smallest absolute Gasteiger partial charge is 0.253 e. The fourth-order valence-corrected chi connectivity index (χ4v) is 2.39. The Morgan fingerprint density at radius 1 is 1.04 bits per heavy atom. The van der Waals surface area contributed by atoms with Gasteiger partial charge in [0.2, 0.25) is 0 Å². The van der Waals surface area contributed by atoms with Crippen molar-refractivity contribution in [1.82, 2.24) is 15.1 Å². The lowest BCUT2D eigenvalue weighted by molar-refractivity contribution is 0.0745. The second kappa shape index (κ2) is 8.11. The summed E-state index contributed by atoms with van der Waals surface area (Å²) in [4.78, 5) is 28.3. The summed E-state index contributed by atoms with van der Waals surface area (Å²) in [6.45, 7) is 8.28. The number of rotatable bonds is 6. The Hall–Kier alpha value is -1.88. The molecule has 2 amide bonds. The third-order valence-corrected chi connectivity index (χ3v) is 3.46. The maximum atomic E-state index is 12.5. The largest absolute Gasteiger partial charge is 0.341 e. The van der Waals surface area contributed by atoms with E-state index in [0.29, 0.717) is 24.2 Å². The molecule has 0 aliphatic rings. The van der Waals surface area contributed by atoms with Crippen LogP contribution in [0, 0.1) is 5.41 Å². The lowest BCUT2D eigenvalue weighted by Gasteiger charge is -2.26. The predicted octanol–water partition coefficient (Wildman–Crippen LogP) is 2.10. The van der Waals surface area contributed by atoms with Crippen LogP contribution in [0.3, 0.4) is 0 Å². The van der Waals surface area contributed by atoms with E-state index in [0.717, 1.165) is 6.54 Å². The second-order valence-corrected chi connectivity index (χ2v) is 7.13. The standard InChI is InChI=1S/C18H29N3O2/c1-18(2,3)13-21(6)17(23)15-9-7-8-14(12-15)16(22)20(5)11-10-19-4/h7-9,12,19H,10-11,13H2,1-6H3. The summed E-state index contributed by atoms with van der Waals surface area (Å²) in [5, 5.41) is 3.02. The number of likely N-dealkylation sites (N-methyl/N-ethyl adjacent to an activating group) is 2. The van der Waals surface area contributed by atoms with Gasteiger partial charge in [0.1, 0.15) is 0 Å². The molecule has 0 bridgehead atoms. The Morgan fingerprint density at radius 2 is 1.57 bits per heavy atom. The van der Waals surface area contributed by atoms with Crippen LogP contribution in [0.15, 0.2) is 24.3 Å². The summed E-state index contributed by atoms with van der Waals surface area (Å²) in [6.07, 6.45) is 0. The molecule has 0 heterocycles. The summed E-state index contributed by atoms with van der Waals surface area (Å²) in [6, 6.07) is 6.95. The molecule has 1 aromatic rings. The van der Waals surface area contributed by atoms with Crippen molar-refractivity contribution in [3.63, 3.8) is 0 Å². The fraction of sp³-hybridized carbons (Fsp3) is 0.556. The van der Waals surface area contributed by atoms with E-state index in [2.05, 4.69) is 26.1 Å². The quantitative estimate of drug-likeness (QED) is 0.873. The maximum Gasteiger partial charge on any atom is 0.253 e. The summed E-state index contributed by atoms with van der Waals surface area (Å²) < 4.78 is 0. The normalized spacial score (nSPS) is 11.2. The molecular weight excluding hydrogens is 290 g/mol. The number of carbonyl (C=O) groups excluding carboxylic acids is 2. The topological polar surface area (TPSA) is 52.7 Å². The van der Waals surface area contributed by atoms with Gasteiger partial charge in [-0.15, -0.1) is 0 Å². The number of carbonyl (C=O) groups is 2. The zero-order chi connectivity index (χ0) is 17.6. The van der Waals surface area contributed by atoms with Crippen LogP contribution in [0.5, 0.6) is 0 Å². The SMILES string of the molecule is CNCCN(C)C(=O)c1cccc(C(=O)N(C)CC(C)(C)C)c1. The van der Waals surface area contributed by atoms with E-state index in [1.807, 2.05) is 7.05 Å². The molecule has 0 aliphatic heterocycles. The third kappa shape index (κ3) is 6.02. The van der Waals surface area contributed by atoms with Crippen LogP contribution in [-0.4, -0.2) is 62.4 Å². The van der Waals surface area contributed by atoms with Crippen molar-refractivity contribution in [3.8, 4) is 0 Å². The molecular formula is C18H29N3O2. The van der Waals surface area contributed by atoms with Gasteiger partial charge in [-0.1, -0.05) is 26.8 Å². The molecule has 128 valence electrons. The number of hydrogen-bond donors (Lipinski definition) is 1. The predicted molar refractivity (Wildman–Crippen MR) is 93.7 cm³/mol.